The van der Waals surface area contributed by atoms with Crippen molar-refractivity contribution < 1.29 is 14.3 Å². The third-order valence-electron chi connectivity index (χ3n) is 4.39. The molecule has 0 radical (unpaired) electrons. The Morgan fingerprint density at radius 1 is 1.00 bits per heavy atom. The first-order valence-electron chi connectivity index (χ1n) is 8.55. The molecule has 4 rings (SSSR count). The van der Waals surface area contributed by atoms with Gasteiger partial charge in [0.25, 0.3) is 0 Å². The van der Waals surface area contributed by atoms with Crippen LogP contribution in [0, 0.1) is 5.82 Å². The molecule has 0 aliphatic rings. The Bertz CT molecular complexity index is 1230. The van der Waals surface area contributed by atoms with Crippen LogP contribution in [0.3, 0.4) is 0 Å². The van der Waals surface area contributed by atoms with Crippen molar-refractivity contribution in [3.63, 3.8) is 0 Å². The van der Waals surface area contributed by atoms with E-state index in [-0.39, 0.29) is 11.5 Å². The number of carbonyl (C=O) groups is 1. The van der Waals surface area contributed by atoms with Crippen LogP contribution >= 0.6 is 16.1 Å². The molecule has 3 N–H and O–H groups in total. The Kier molecular flexibility index (Phi) is 4.85. The number of anilines is 3. The molecule has 4 aromatic rings. The van der Waals surface area contributed by atoms with Gasteiger partial charge in [-0.3, -0.25) is 3.93 Å². The maximum absolute atomic E-state index is 14.1. The van der Waals surface area contributed by atoms with E-state index in [0.29, 0.717) is 27.8 Å². The molecule has 1 aromatic heterocycles. The van der Waals surface area contributed by atoms with Crippen molar-refractivity contribution in [2.75, 3.05) is 9.66 Å². The number of nitrogens with zero attached hydrogens (tertiary/aromatic N) is 3. The Labute approximate surface area is 173 Å². The van der Waals surface area contributed by atoms with E-state index in [1.165, 1.54) is 12.1 Å². The van der Waals surface area contributed by atoms with Gasteiger partial charge in [-0.2, -0.15) is 4.98 Å². The Hall–Kier alpha value is -3.52. The number of aromatic nitrogens is 2. The number of hydrogen-bond acceptors (Lipinski definition) is 5. The molecule has 0 fully saturated rings. The zero-order valence-corrected chi connectivity index (χ0v) is 16.5. The number of para-hydroxylation sites is 1. The fourth-order valence-corrected chi connectivity index (χ4v) is 3.52. The molecule has 144 valence electrons. The fraction of sp³-hybridized carbons (Fsp3) is 0. The molecule has 6 nitrogen and oxygen atoms in total. The average molecular weight is 453 g/mol. The number of hydrogen-bond donors (Lipinski definition) is 2. The molecular weight excluding hydrogens is 439 g/mol. The third kappa shape index (κ3) is 3.62. The molecular formula is C21H14BrFN4O2. The smallest absolute Gasteiger partial charge is 0.338 e. The largest absolute Gasteiger partial charge is 0.478 e. The number of carboxylic acids is 1. The quantitative estimate of drug-likeness (QED) is 0.415. The van der Waals surface area contributed by atoms with Gasteiger partial charge in [-0.25, -0.2) is 14.2 Å². The highest BCUT2D eigenvalue weighted by Gasteiger charge is 2.16. The molecule has 1 heterocycles. The second kappa shape index (κ2) is 7.48. The van der Waals surface area contributed by atoms with E-state index >= 15 is 0 Å². The van der Waals surface area contributed by atoms with Crippen molar-refractivity contribution in [2.24, 2.45) is 0 Å². The van der Waals surface area contributed by atoms with Gasteiger partial charge < -0.3 is 10.8 Å². The van der Waals surface area contributed by atoms with Crippen LogP contribution in [-0.2, 0) is 0 Å². The second-order valence-corrected chi connectivity index (χ2v) is 6.96. The Morgan fingerprint density at radius 3 is 2.38 bits per heavy atom. The number of halogens is 2. The van der Waals surface area contributed by atoms with Crippen LogP contribution in [0.2, 0.25) is 0 Å². The SMILES string of the molecule is Nc1nc(N(Br)c2ccccc2)c2cc(-c3ccc(C(=O)O)c(F)c3)ccc2n1. The lowest BCUT2D eigenvalue weighted by Gasteiger charge is -2.18. The summed E-state index contributed by atoms with van der Waals surface area (Å²) in [6.07, 6.45) is 0. The highest BCUT2D eigenvalue weighted by atomic mass is 79.9. The summed E-state index contributed by atoms with van der Waals surface area (Å²) in [7, 11) is 0. The number of nitrogen functional groups attached to an aromatic ring is 1. The highest BCUT2D eigenvalue weighted by Crippen LogP contribution is 2.35. The van der Waals surface area contributed by atoms with Crippen LogP contribution < -0.4 is 9.66 Å². The molecule has 0 bridgehead atoms. The van der Waals surface area contributed by atoms with E-state index in [2.05, 4.69) is 26.1 Å². The van der Waals surface area contributed by atoms with Crippen molar-refractivity contribution in [1.82, 2.24) is 9.97 Å². The van der Waals surface area contributed by atoms with Crippen molar-refractivity contribution in [2.45, 2.75) is 0 Å². The predicted octanol–water partition coefficient (Wildman–Crippen LogP) is 5.16. The average Bonchev–Trinajstić information content (AvgIpc) is 2.72. The minimum absolute atomic E-state index is 0.123. The summed E-state index contributed by atoms with van der Waals surface area (Å²) in [5, 5.41) is 9.72. The van der Waals surface area contributed by atoms with Crippen LogP contribution in [-0.4, -0.2) is 21.0 Å². The zero-order chi connectivity index (χ0) is 20.5. The summed E-state index contributed by atoms with van der Waals surface area (Å²) in [5.41, 5.74) is 8.20. The summed E-state index contributed by atoms with van der Waals surface area (Å²) in [6, 6.07) is 18.9. The van der Waals surface area contributed by atoms with Gasteiger partial charge in [-0.15, -0.1) is 0 Å². The van der Waals surface area contributed by atoms with Crippen molar-refractivity contribution in [3.05, 3.63) is 78.1 Å². The lowest BCUT2D eigenvalue weighted by atomic mass is 10.0. The van der Waals surface area contributed by atoms with Gasteiger partial charge in [0.05, 0.1) is 32.9 Å². The van der Waals surface area contributed by atoms with E-state index in [1.807, 2.05) is 36.4 Å². The van der Waals surface area contributed by atoms with Crippen LogP contribution in [0.25, 0.3) is 22.0 Å². The topological polar surface area (TPSA) is 92.3 Å². The van der Waals surface area contributed by atoms with Gasteiger partial charge in [0.2, 0.25) is 5.95 Å². The standard InChI is InChI=1S/C21H14BrFN4O2/c22-27(14-4-2-1-3-5-14)19-16-10-12(7-9-18(16)25-21(24)26-19)13-6-8-15(20(28)29)17(23)11-13/h1-11H,(H,28,29)(H2,24,25,26). The molecule has 0 saturated heterocycles. The minimum atomic E-state index is -1.31. The van der Waals surface area contributed by atoms with E-state index < -0.39 is 11.8 Å². The summed E-state index contributed by atoms with van der Waals surface area (Å²) in [6.45, 7) is 0. The van der Waals surface area contributed by atoms with Crippen molar-refractivity contribution >= 4 is 50.5 Å². The normalized spacial score (nSPS) is 10.8. The number of aromatic carboxylic acids is 1. The van der Waals surface area contributed by atoms with E-state index in [1.54, 1.807) is 22.1 Å². The third-order valence-corrected chi connectivity index (χ3v) is 5.14. The van der Waals surface area contributed by atoms with Gasteiger partial charge >= 0.3 is 5.97 Å². The first-order valence-corrected chi connectivity index (χ1v) is 9.26. The molecule has 29 heavy (non-hydrogen) atoms. The summed E-state index contributed by atoms with van der Waals surface area (Å²) in [4.78, 5) is 19.7. The molecule has 8 heteroatoms. The lowest BCUT2D eigenvalue weighted by molar-refractivity contribution is 0.0692. The molecule has 0 saturated carbocycles. The Balaban J connectivity index is 1.86. The molecule has 3 aromatic carbocycles. The van der Waals surface area contributed by atoms with Crippen LogP contribution in [0.1, 0.15) is 10.4 Å². The van der Waals surface area contributed by atoms with Gasteiger partial charge in [-0.1, -0.05) is 30.3 Å². The van der Waals surface area contributed by atoms with Gasteiger partial charge in [0.1, 0.15) is 5.82 Å². The zero-order valence-electron chi connectivity index (χ0n) is 14.9. The van der Waals surface area contributed by atoms with Gasteiger partial charge in [0, 0.05) is 5.39 Å². The number of carboxylic acid groups (broad SMARTS) is 1. The first-order chi connectivity index (χ1) is 13.9. The highest BCUT2D eigenvalue weighted by molar-refractivity contribution is 9.10. The van der Waals surface area contributed by atoms with Crippen LogP contribution in [0.5, 0.6) is 0 Å². The Morgan fingerprint density at radius 2 is 1.69 bits per heavy atom. The van der Waals surface area contributed by atoms with Crippen LogP contribution in [0.4, 0.5) is 21.8 Å². The molecule has 0 amide bonds. The van der Waals surface area contributed by atoms with E-state index in [4.69, 9.17) is 10.8 Å². The van der Waals surface area contributed by atoms with Gasteiger partial charge in [-0.05, 0) is 47.5 Å². The lowest BCUT2D eigenvalue weighted by Crippen LogP contribution is -2.07. The number of rotatable bonds is 4. The minimum Gasteiger partial charge on any atom is -0.478 e. The van der Waals surface area contributed by atoms with Crippen LogP contribution in [0.15, 0.2) is 66.7 Å². The number of nitrogens with two attached hydrogens (primary N) is 1. The molecule has 0 aliphatic heterocycles. The number of fused-ring (bicyclic) bond motifs is 1. The maximum atomic E-state index is 14.1. The predicted molar refractivity (Wildman–Crippen MR) is 114 cm³/mol. The summed E-state index contributed by atoms with van der Waals surface area (Å²) in [5.74, 6) is -1.45. The number of benzene rings is 3. The molecule has 0 spiro atoms. The second-order valence-electron chi connectivity index (χ2n) is 6.25. The van der Waals surface area contributed by atoms with E-state index in [0.717, 1.165) is 5.69 Å². The molecule has 0 unspecified atom stereocenters. The summed E-state index contributed by atoms with van der Waals surface area (Å²) >= 11 is 3.53. The van der Waals surface area contributed by atoms with Crippen molar-refractivity contribution in [1.29, 1.82) is 0 Å². The van der Waals surface area contributed by atoms with E-state index in [9.17, 15) is 9.18 Å². The molecule has 0 atom stereocenters. The van der Waals surface area contributed by atoms with Gasteiger partial charge in [0.15, 0.2) is 5.82 Å². The summed E-state index contributed by atoms with van der Waals surface area (Å²) < 4.78 is 15.9. The maximum Gasteiger partial charge on any atom is 0.338 e. The monoisotopic (exact) mass is 452 g/mol. The first kappa shape index (κ1) is 18.8. The fourth-order valence-electron chi connectivity index (χ4n) is 3.01. The molecule has 0 aliphatic carbocycles. The van der Waals surface area contributed by atoms with Crippen molar-refractivity contribution in [3.8, 4) is 11.1 Å².